The highest BCUT2D eigenvalue weighted by atomic mass is 35.5. The quantitative estimate of drug-likeness (QED) is 0.641. The molecule has 0 radical (unpaired) electrons. The number of anilines is 1. The van der Waals surface area contributed by atoms with Crippen molar-refractivity contribution in [3.63, 3.8) is 0 Å². The van der Waals surface area contributed by atoms with Crippen molar-refractivity contribution in [2.75, 3.05) is 18.5 Å². The first-order valence-corrected chi connectivity index (χ1v) is 6.88. The van der Waals surface area contributed by atoms with E-state index in [1.54, 1.807) is 32.0 Å². The molecule has 0 aliphatic heterocycles. The van der Waals surface area contributed by atoms with E-state index >= 15 is 0 Å². The Labute approximate surface area is 133 Å². The van der Waals surface area contributed by atoms with Gasteiger partial charge in [-0.05, 0) is 31.5 Å². The van der Waals surface area contributed by atoms with Crippen molar-refractivity contribution >= 4 is 35.1 Å². The molecule has 0 fully saturated rings. The van der Waals surface area contributed by atoms with E-state index in [-0.39, 0.29) is 6.61 Å². The van der Waals surface area contributed by atoms with Gasteiger partial charge >= 0.3 is 11.9 Å². The molecule has 0 aromatic heterocycles. The van der Waals surface area contributed by atoms with Crippen molar-refractivity contribution in [3.8, 4) is 0 Å². The van der Waals surface area contributed by atoms with Crippen molar-refractivity contribution < 1.29 is 23.9 Å². The molecule has 0 saturated carbocycles. The van der Waals surface area contributed by atoms with E-state index in [2.05, 4.69) is 10.1 Å². The molecule has 0 aliphatic rings. The number of halogens is 1. The van der Waals surface area contributed by atoms with Crippen molar-refractivity contribution in [1.82, 2.24) is 0 Å². The molecule has 6 nitrogen and oxygen atoms in total. The highest BCUT2D eigenvalue weighted by Gasteiger charge is 2.09. The Morgan fingerprint density at radius 2 is 1.82 bits per heavy atom. The van der Waals surface area contributed by atoms with Crippen LogP contribution in [0.25, 0.3) is 0 Å². The fraction of sp³-hybridized carbons (Fsp3) is 0.267. The van der Waals surface area contributed by atoms with Crippen LogP contribution in [0.2, 0.25) is 5.02 Å². The number of rotatable bonds is 6. The predicted molar refractivity (Wildman–Crippen MR) is 81.6 cm³/mol. The smallest absolute Gasteiger partial charge is 0.331 e. The number of carbonyl (C=O) groups is 3. The summed E-state index contributed by atoms with van der Waals surface area (Å²) in [5.74, 6) is -1.98. The molecule has 0 saturated heterocycles. The number of ether oxygens (including phenoxy) is 2. The largest absolute Gasteiger partial charge is 0.463 e. The van der Waals surface area contributed by atoms with Crippen LogP contribution in [0.3, 0.4) is 0 Å². The maximum Gasteiger partial charge on any atom is 0.331 e. The first-order valence-electron chi connectivity index (χ1n) is 6.50. The average Bonchev–Trinajstić information content (AvgIpc) is 2.48. The fourth-order valence-electron chi connectivity index (χ4n) is 1.44. The van der Waals surface area contributed by atoms with E-state index in [9.17, 15) is 14.4 Å². The van der Waals surface area contributed by atoms with Crippen molar-refractivity contribution in [1.29, 1.82) is 0 Å². The zero-order chi connectivity index (χ0) is 16.5. The molecule has 0 heterocycles. The summed E-state index contributed by atoms with van der Waals surface area (Å²) in [5, 5.41) is 3.10. The van der Waals surface area contributed by atoms with E-state index in [0.29, 0.717) is 16.3 Å². The lowest BCUT2D eigenvalue weighted by atomic mass is 10.2. The molecule has 0 aliphatic carbocycles. The molecule has 0 atom stereocenters. The third-order valence-corrected chi connectivity index (χ3v) is 2.94. The molecule has 118 valence electrons. The minimum atomic E-state index is -0.814. The number of amides is 1. The molecule has 0 unspecified atom stereocenters. The Balaban J connectivity index is 2.44. The number of hydrogen-bond acceptors (Lipinski definition) is 5. The van der Waals surface area contributed by atoms with Gasteiger partial charge in [-0.2, -0.15) is 0 Å². The Morgan fingerprint density at radius 1 is 1.18 bits per heavy atom. The van der Waals surface area contributed by atoms with Crippen molar-refractivity contribution in [3.05, 3.63) is 40.9 Å². The van der Waals surface area contributed by atoms with Gasteiger partial charge in [0, 0.05) is 22.9 Å². The number of nitrogens with one attached hydrogen (secondary N) is 1. The summed E-state index contributed by atoms with van der Waals surface area (Å²) in [5.41, 5.74) is 1.25. The van der Waals surface area contributed by atoms with E-state index < -0.39 is 24.5 Å². The summed E-state index contributed by atoms with van der Waals surface area (Å²) in [7, 11) is 0. The molecule has 7 heteroatoms. The fourth-order valence-corrected chi connectivity index (χ4v) is 1.61. The van der Waals surface area contributed by atoms with Crippen LogP contribution in [-0.2, 0) is 23.9 Å². The molecular formula is C15H16ClNO5. The van der Waals surface area contributed by atoms with Crippen molar-refractivity contribution in [2.45, 2.75) is 13.8 Å². The predicted octanol–water partition coefficient (Wildman–Crippen LogP) is 2.25. The third kappa shape index (κ3) is 5.97. The van der Waals surface area contributed by atoms with Crippen molar-refractivity contribution in [2.24, 2.45) is 0 Å². The van der Waals surface area contributed by atoms with E-state index in [0.717, 1.165) is 12.2 Å². The van der Waals surface area contributed by atoms with Gasteiger partial charge < -0.3 is 14.8 Å². The van der Waals surface area contributed by atoms with Gasteiger partial charge in [-0.15, -0.1) is 0 Å². The van der Waals surface area contributed by atoms with Gasteiger partial charge in [0.25, 0.3) is 5.91 Å². The summed E-state index contributed by atoms with van der Waals surface area (Å²) in [4.78, 5) is 34.0. The van der Waals surface area contributed by atoms with Crippen LogP contribution in [0.4, 0.5) is 5.69 Å². The van der Waals surface area contributed by atoms with E-state index in [1.807, 2.05) is 0 Å². The maximum absolute atomic E-state index is 11.7. The van der Waals surface area contributed by atoms with E-state index in [4.69, 9.17) is 16.3 Å². The molecule has 1 aromatic rings. The Morgan fingerprint density at radius 3 is 2.45 bits per heavy atom. The Kier molecular flexibility index (Phi) is 7.12. The van der Waals surface area contributed by atoms with Crippen LogP contribution in [0.15, 0.2) is 30.4 Å². The highest BCUT2D eigenvalue weighted by molar-refractivity contribution is 6.31. The topological polar surface area (TPSA) is 81.7 Å². The minimum absolute atomic E-state index is 0.208. The molecular weight excluding hydrogens is 310 g/mol. The lowest BCUT2D eigenvalue weighted by Crippen LogP contribution is -2.20. The van der Waals surface area contributed by atoms with Gasteiger partial charge in [-0.25, -0.2) is 9.59 Å². The Bertz CT molecular complexity index is 598. The Hall–Kier alpha value is -2.34. The number of hydrogen-bond donors (Lipinski definition) is 1. The van der Waals surface area contributed by atoms with Crippen LogP contribution in [-0.4, -0.2) is 31.1 Å². The molecule has 0 spiro atoms. The van der Waals surface area contributed by atoms with Crippen LogP contribution in [0, 0.1) is 6.92 Å². The second kappa shape index (κ2) is 8.84. The minimum Gasteiger partial charge on any atom is -0.463 e. The third-order valence-electron chi connectivity index (χ3n) is 2.53. The number of esters is 2. The molecule has 0 bridgehead atoms. The van der Waals surface area contributed by atoms with E-state index in [1.165, 1.54) is 0 Å². The summed E-state index contributed by atoms with van der Waals surface area (Å²) >= 11 is 5.93. The SMILES string of the molecule is CCOC(=O)/C=C/C(=O)OCC(=O)Nc1cccc(Cl)c1C. The molecule has 22 heavy (non-hydrogen) atoms. The lowest BCUT2D eigenvalue weighted by Gasteiger charge is -2.09. The van der Waals surface area contributed by atoms with Gasteiger partial charge in [0.05, 0.1) is 6.61 Å². The first kappa shape index (κ1) is 17.7. The molecule has 1 N–H and O–H groups in total. The summed E-state index contributed by atoms with van der Waals surface area (Å²) in [6.07, 6.45) is 1.83. The molecule has 1 rings (SSSR count). The first-order chi connectivity index (χ1) is 10.4. The van der Waals surface area contributed by atoms with Gasteiger partial charge in [-0.1, -0.05) is 17.7 Å². The number of benzene rings is 1. The lowest BCUT2D eigenvalue weighted by molar-refractivity contribution is -0.143. The normalized spacial score (nSPS) is 10.3. The van der Waals surface area contributed by atoms with Crippen LogP contribution >= 0.6 is 11.6 Å². The second-order valence-corrected chi connectivity index (χ2v) is 4.56. The van der Waals surface area contributed by atoms with Crippen LogP contribution in [0.1, 0.15) is 12.5 Å². The molecule has 1 amide bonds. The number of carbonyl (C=O) groups excluding carboxylic acids is 3. The zero-order valence-corrected chi connectivity index (χ0v) is 13.0. The van der Waals surface area contributed by atoms with Gasteiger partial charge in [0.2, 0.25) is 0 Å². The maximum atomic E-state index is 11.7. The monoisotopic (exact) mass is 325 g/mol. The van der Waals surface area contributed by atoms with Gasteiger partial charge in [0.15, 0.2) is 6.61 Å². The van der Waals surface area contributed by atoms with Gasteiger partial charge in [-0.3, -0.25) is 4.79 Å². The second-order valence-electron chi connectivity index (χ2n) is 4.15. The molecule has 1 aromatic carbocycles. The standard InChI is InChI=1S/C15H16ClNO5/c1-3-21-14(19)7-8-15(20)22-9-13(18)17-12-6-4-5-11(16)10(12)2/h4-8H,3,9H2,1-2H3,(H,17,18)/b8-7+. The van der Waals surface area contributed by atoms with Crippen LogP contribution in [0.5, 0.6) is 0 Å². The van der Waals surface area contributed by atoms with Crippen LogP contribution < -0.4 is 5.32 Å². The summed E-state index contributed by atoms with van der Waals surface area (Å²) in [6, 6.07) is 5.08. The van der Waals surface area contributed by atoms with Gasteiger partial charge in [0.1, 0.15) is 0 Å². The zero-order valence-electron chi connectivity index (χ0n) is 12.2. The highest BCUT2D eigenvalue weighted by Crippen LogP contribution is 2.22. The summed E-state index contributed by atoms with van der Waals surface area (Å²) in [6.45, 7) is 3.13. The summed E-state index contributed by atoms with van der Waals surface area (Å²) < 4.78 is 9.29. The average molecular weight is 326 g/mol.